The van der Waals surface area contributed by atoms with Gasteiger partial charge in [-0.1, -0.05) is 29.8 Å². The van der Waals surface area contributed by atoms with Crippen LogP contribution in [0, 0.1) is 10.1 Å². The van der Waals surface area contributed by atoms with E-state index >= 15 is 0 Å². The second-order valence-electron chi connectivity index (χ2n) is 4.45. The second kappa shape index (κ2) is 7.06. The fraction of sp³-hybridized carbons (Fsp3) is 0.200. The largest absolute Gasteiger partial charge is 0.496 e. The van der Waals surface area contributed by atoms with Gasteiger partial charge in [0, 0.05) is 35.3 Å². The van der Waals surface area contributed by atoms with Crippen LogP contribution < -0.4 is 10.1 Å². The maximum atomic E-state index is 10.9. The highest BCUT2D eigenvalue weighted by atomic mass is 35.5. The number of hydrogen-bond donors (Lipinski definition) is 1. The minimum absolute atomic E-state index is 0.114. The zero-order valence-electron chi connectivity index (χ0n) is 11.5. The Bertz CT molecular complexity index is 647. The molecule has 0 amide bonds. The van der Waals surface area contributed by atoms with Crippen LogP contribution in [0.1, 0.15) is 11.1 Å². The Morgan fingerprint density at radius 3 is 2.62 bits per heavy atom. The molecule has 0 aliphatic carbocycles. The van der Waals surface area contributed by atoms with E-state index in [0.29, 0.717) is 23.7 Å². The van der Waals surface area contributed by atoms with Crippen molar-refractivity contribution in [3.05, 3.63) is 68.7 Å². The van der Waals surface area contributed by atoms with Gasteiger partial charge in [-0.15, -0.1) is 0 Å². The minimum Gasteiger partial charge on any atom is -0.496 e. The first-order valence-corrected chi connectivity index (χ1v) is 6.75. The normalized spacial score (nSPS) is 10.4. The zero-order valence-corrected chi connectivity index (χ0v) is 12.3. The summed E-state index contributed by atoms with van der Waals surface area (Å²) in [5.41, 5.74) is 1.66. The number of nitrogens with zero attached hydrogens (tertiary/aromatic N) is 1. The molecule has 1 N–H and O–H groups in total. The maximum Gasteiger partial charge on any atom is 0.273 e. The summed E-state index contributed by atoms with van der Waals surface area (Å²) in [6, 6.07) is 12.0. The number of hydrogen-bond acceptors (Lipinski definition) is 4. The van der Waals surface area contributed by atoms with E-state index in [2.05, 4.69) is 5.32 Å². The van der Waals surface area contributed by atoms with Gasteiger partial charge in [0.25, 0.3) is 5.69 Å². The number of nitro benzene ring substituents is 1. The first-order chi connectivity index (χ1) is 10.1. The van der Waals surface area contributed by atoms with Crippen LogP contribution >= 0.6 is 11.6 Å². The van der Waals surface area contributed by atoms with Gasteiger partial charge < -0.3 is 10.1 Å². The summed E-state index contributed by atoms with van der Waals surface area (Å²) in [4.78, 5) is 10.6. The smallest absolute Gasteiger partial charge is 0.273 e. The molecule has 0 heterocycles. The Hall–Kier alpha value is -2.11. The summed E-state index contributed by atoms with van der Waals surface area (Å²) in [5.74, 6) is 0.731. The Kier molecular flexibility index (Phi) is 5.14. The first-order valence-electron chi connectivity index (χ1n) is 6.37. The van der Waals surface area contributed by atoms with Crippen molar-refractivity contribution in [2.45, 2.75) is 13.1 Å². The standard InChI is InChI=1S/C15H15ClN2O3/c1-21-15-7-6-13(16)8-12(15)10-17-9-11-4-2-3-5-14(11)18(19)20/h2-8,17H,9-10H2,1H3. The van der Waals surface area contributed by atoms with E-state index in [9.17, 15) is 10.1 Å². The fourth-order valence-electron chi connectivity index (χ4n) is 2.06. The van der Waals surface area contributed by atoms with Crippen molar-refractivity contribution >= 4 is 17.3 Å². The van der Waals surface area contributed by atoms with E-state index in [4.69, 9.17) is 16.3 Å². The van der Waals surface area contributed by atoms with Crippen LogP contribution in [0.15, 0.2) is 42.5 Å². The number of ether oxygens (including phenoxy) is 1. The van der Waals surface area contributed by atoms with E-state index in [0.717, 1.165) is 11.3 Å². The second-order valence-corrected chi connectivity index (χ2v) is 4.88. The highest BCUT2D eigenvalue weighted by Gasteiger charge is 2.12. The number of rotatable bonds is 6. The molecule has 0 radical (unpaired) electrons. The van der Waals surface area contributed by atoms with E-state index in [1.807, 2.05) is 6.07 Å². The zero-order chi connectivity index (χ0) is 15.2. The number of benzene rings is 2. The summed E-state index contributed by atoms with van der Waals surface area (Å²) < 4.78 is 5.26. The Labute approximate surface area is 127 Å². The van der Waals surface area contributed by atoms with Crippen molar-refractivity contribution in [3.63, 3.8) is 0 Å². The monoisotopic (exact) mass is 306 g/mol. The molecule has 0 fully saturated rings. The molecule has 6 heteroatoms. The molecule has 110 valence electrons. The van der Waals surface area contributed by atoms with Crippen LogP contribution in [0.3, 0.4) is 0 Å². The first kappa shape index (κ1) is 15.3. The van der Waals surface area contributed by atoms with Gasteiger partial charge in [-0.3, -0.25) is 10.1 Å². The molecule has 2 aromatic rings. The summed E-state index contributed by atoms with van der Waals surface area (Å²) in [6.07, 6.45) is 0. The number of methoxy groups -OCH3 is 1. The van der Waals surface area contributed by atoms with Gasteiger partial charge in [0.2, 0.25) is 0 Å². The van der Waals surface area contributed by atoms with Gasteiger partial charge in [-0.05, 0) is 18.2 Å². The van der Waals surface area contributed by atoms with E-state index in [1.54, 1.807) is 37.4 Å². The van der Waals surface area contributed by atoms with Gasteiger partial charge in [0.05, 0.1) is 12.0 Å². The fourth-order valence-corrected chi connectivity index (χ4v) is 2.25. The van der Waals surface area contributed by atoms with Crippen molar-refractivity contribution < 1.29 is 9.66 Å². The summed E-state index contributed by atoms with van der Waals surface area (Å²) >= 11 is 5.96. The SMILES string of the molecule is COc1ccc(Cl)cc1CNCc1ccccc1[N+](=O)[O-]. The van der Waals surface area contributed by atoms with E-state index in [-0.39, 0.29) is 10.6 Å². The number of nitro groups is 1. The van der Waals surface area contributed by atoms with E-state index in [1.165, 1.54) is 6.07 Å². The third-order valence-electron chi connectivity index (χ3n) is 3.06. The Balaban J connectivity index is 2.05. The molecule has 21 heavy (non-hydrogen) atoms. The maximum absolute atomic E-state index is 10.9. The molecular weight excluding hydrogens is 292 g/mol. The molecule has 2 rings (SSSR count). The topological polar surface area (TPSA) is 64.4 Å². The molecule has 0 spiro atoms. The molecule has 0 bridgehead atoms. The number of para-hydroxylation sites is 1. The number of halogens is 1. The lowest BCUT2D eigenvalue weighted by molar-refractivity contribution is -0.385. The van der Waals surface area contributed by atoms with Crippen LogP contribution in [0.2, 0.25) is 5.02 Å². The van der Waals surface area contributed by atoms with Gasteiger partial charge in [-0.2, -0.15) is 0 Å². The minimum atomic E-state index is -0.378. The molecule has 5 nitrogen and oxygen atoms in total. The van der Waals surface area contributed by atoms with Gasteiger partial charge in [0.15, 0.2) is 0 Å². The predicted molar refractivity (Wildman–Crippen MR) is 81.6 cm³/mol. The average molecular weight is 307 g/mol. The lowest BCUT2D eigenvalue weighted by atomic mass is 10.1. The third kappa shape index (κ3) is 3.93. The number of nitrogens with one attached hydrogen (secondary N) is 1. The molecule has 0 saturated carbocycles. The average Bonchev–Trinajstić information content (AvgIpc) is 2.48. The Morgan fingerprint density at radius 2 is 1.90 bits per heavy atom. The van der Waals surface area contributed by atoms with Crippen LogP contribution in [0.25, 0.3) is 0 Å². The molecule has 0 aliphatic rings. The molecule has 0 saturated heterocycles. The van der Waals surface area contributed by atoms with Crippen LogP contribution in [0.5, 0.6) is 5.75 Å². The van der Waals surface area contributed by atoms with Gasteiger partial charge in [-0.25, -0.2) is 0 Å². The van der Waals surface area contributed by atoms with Crippen molar-refractivity contribution in [1.82, 2.24) is 5.32 Å². The molecule has 0 aromatic heterocycles. The highest BCUT2D eigenvalue weighted by Crippen LogP contribution is 2.23. The van der Waals surface area contributed by atoms with Crippen molar-refractivity contribution in [1.29, 1.82) is 0 Å². The summed E-state index contributed by atoms with van der Waals surface area (Å²) in [7, 11) is 1.59. The lowest BCUT2D eigenvalue weighted by Crippen LogP contribution is -2.14. The van der Waals surface area contributed by atoms with E-state index < -0.39 is 0 Å². The molecule has 0 aliphatic heterocycles. The van der Waals surface area contributed by atoms with Crippen LogP contribution in [-0.4, -0.2) is 12.0 Å². The summed E-state index contributed by atoms with van der Waals surface area (Å²) in [5, 5.41) is 14.7. The van der Waals surface area contributed by atoms with Crippen molar-refractivity contribution in [2.75, 3.05) is 7.11 Å². The highest BCUT2D eigenvalue weighted by molar-refractivity contribution is 6.30. The van der Waals surface area contributed by atoms with Crippen LogP contribution in [-0.2, 0) is 13.1 Å². The lowest BCUT2D eigenvalue weighted by Gasteiger charge is -2.10. The van der Waals surface area contributed by atoms with Crippen LogP contribution in [0.4, 0.5) is 5.69 Å². The third-order valence-corrected chi connectivity index (χ3v) is 3.30. The van der Waals surface area contributed by atoms with Crippen molar-refractivity contribution in [3.8, 4) is 5.75 Å². The molecule has 0 unspecified atom stereocenters. The predicted octanol–water partition coefficient (Wildman–Crippen LogP) is 3.55. The molecule has 2 aromatic carbocycles. The quantitative estimate of drug-likeness (QED) is 0.655. The van der Waals surface area contributed by atoms with Gasteiger partial charge in [0.1, 0.15) is 5.75 Å². The molecule has 0 atom stereocenters. The van der Waals surface area contributed by atoms with Crippen molar-refractivity contribution in [2.24, 2.45) is 0 Å². The summed E-state index contributed by atoms with van der Waals surface area (Å²) in [6.45, 7) is 0.905. The van der Waals surface area contributed by atoms with Gasteiger partial charge >= 0.3 is 0 Å². The molecular formula is C15H15ClN2O3. The Morgan fingerprint density at radius 1 is 1.19 bits per heavy atom.